The van der Waals surface area contributed by atoms with E-state index in [1.54, 1.807) is 11.8 Å². The number of hydrogen-bond acceptors (Lipinski definition) is 4. The van der Waals surface area contributed by atoms with Gasteiger partial charge in [-0.3, -0.25) is 0 Å². The van der Waals surface area contributed by atoms with Crippen molar-refractivity contribution >= 4 is 27.7 Å². The summed E-state index contributed by atoms with van der Waals surface area (Å²) in [5.74, 6) is 1.64. The van der Waals surface area contributed by atoms with Crippen LogP contribution >= 0.6 is 27.7 Å². The molecular weight excluding hydrogens is 302 g/mol. The largest absolute Gasteiger partial charge is 0.486 e. The lowest BCUT2D eigenvalue weighted by molar-refractivity contribution is 0.290. The van der Waals surface area contributed by atoms with Crippen LogP contribution in [-0.2, 0) is 13.7 Å². The zero-order valence-electron chi connectivity index (χ0n) is 9.55. The number of hydrogen-bond donors (Lipinski definition) is 0. The van der Waals surface area contributed by atoms with Crippen molar-refractivity contribution in [3.63, 3.8) is 0 Å². The van der Waals surface area contributed by atoms with E-state index in [1.165, 1.54) is 0 Å². The van der Waals surface area contributed by atoms with Gasteiger partial charge in [-0.25, -0.2) is 0 Å². The van der Waals surface area contributed by atoms with Crippen molar-refractivity contribution in [2.24, 2.45) is 7.05 Å². The topological polar surface area (TPSA) is 39.9 Å². The number of halogens is 1. The molecule has 17 heavy (non-hydrogen) atoms. The average molecular weight is 314 g/mol. The zero-order valence-corrected chi connectivity index (χ0v) is 12.0. The number of thioether (sulfide) groups is 1. The van der Waals surface area contributed by atoms with Gasteiger partial charge in [0, 0.05) is 11.5 Å². The van der Waals surface area contributed by atoms with Gasteiger partial charge in [0.15, 0.2) is 11.0 Å². The van der Waals surface area contributed by atoms with Crippen LogP contribution in [0.3, 0.4) is 0 Å². The van der Waals surface area contributed by atoms with Crippen LogP contribution in [0.4, 0.5) is 0 Å². The van der Waals surface area contributed by atoms with Crippen molar-refractivity contribution in [2.45, 2.75) is 11.8 Å². The van der Waals surface area contributed by atoms with Crippen molar-refractivity contribution in [1.29, 1.82) is 0 Å². The summed E-state index contributed by atoms with van der Waals surface area (Å²) < 4.78 is 8.60. The van der Waals surface area contributed by atoms with Crippen LogP contribution in [0, 0.1) is 0 Å². The molecule has 0 aliphatic heterocycles. The van der Waals surface area contributed by atoms with Crippen LogP contribution in [0.2, 0.25) is 0 Å². The Hall–Kier alpha value is -1.01. The minimum Gasteiger partial charge on any atom is -0.486 e. The van der Waals surface area contributed by atoms with E-state index in [4.69, 9.17) is 4.74 Å². The summed E-state index contributed by atoms with van der Waals surface area (Å²) in [5.41, 5.74) is 0. The lowest BCUT2D eigenvalue weighted by atomic mass is 10.3. The van der Waals surface area contributed by atoms with E-state index in [-0.39, 0.29) is 0 Å². The van der Waals surface area contributed by atoms with E-state index in [9.17, 15) is 0 Å². The quantitative estimate of drug-likeness (QED) is 0.814. The summed E-state index contributed by atoms with van der Waals surface area (Å²) in [6.45, 7) is 0.422. The molecule has 1 aromatic heterocycles. The van der Waals surface area contributed by atoms with Gasteiger partial charge >= 0.3 is 0 Å². The maximum Gasteiger partial charge on any atom is 0.190 e. The second-order valence-corrected chi connectivity index (χ2v) is 5.09. The lowest BCUT2D eigenvalue weighted by Gasteiger charge is -2.05. The standard InChI is InChI=1S/C11H12BrN3OS/c1-15-10(13-14-11(15)17-2)7-16-9-5-3-8(12)4-6-9/h3-6H,7H2,1-2H3. The summed E-state index contributed by atoms with van der Waals surface area (Å²) in [5, 5.41) is 9.01. The van der Waals surface area contributed by atoms with Gasteiger partial charge in [-0.1, -0.05) is 27.7 Å². The molecule has 0 unspecified atom stereocenters. The molecule has 0 spiro atoms. The van der Waals surface area contributed by atoms with Crippen LogP contribution in [0.5, 0.6) is 5.75 Å². The molecule has 4 nitrogen and oxygen atoms in total. The Morgan fingerprint density at radius 3 is 2.59 bits per heavy atom. The lowest BCUT2D eigenvalue weighted by Crippen LogP contribution is -2.04. The van der Waals surface area contributed by atoms with E-state index in [1.807, 2.05) is 42.1 Å². The number of nitrogens with zero attached hydrogens (tertiary/aromatic N) is 3. The van der Waals surface area contributed by atoms with Crippen molar-refractivity contribution in [3.05, 3.63) is 34.6 Å². The monoisotopic (exact) mass is 313 g/mol. The normalized spacial score (nSPS) is 10.5. The fraction of sp³-hybridized carbons (Fsp3) is 0.273. The first-order chi connectivity index (χ1) is 8.20. The maximum absolute atomic E-state index is 5.63. The second kappa shape index (κ2) is 5.55. The fourth-order valence-electron chi connectivity index (χ4n) is 1.33. The van der Waals surface area contributed by atoms with E-state index >= 15 is 0 Å². The van der Waals surface area contributed by atoms with E-state index < -0.39 is 0 Å². The maximum atomic E-state index is 5.63. The molecule has 2 rings (SSSR count). The molecule has 1 aromatic carbocycles. The summed E-state index contributed by atoms with van der Waals surface area (Å²) in [4.78, 5) is 0. The number of ether oxygens (including phenoxy) is 1. The van der Waals surface area contributed by atoms with E-state index in [0.717, 1.165) is 21.2 Å². The van der Waals surface area contributed by atoms with Gasteiger partial charge < -0.3 is 9.30 Å². The average Bonchev–Trinajstić information content (AvgIpc) is 2.69. The van der Waals surface area contributed by atoms with Gasteiger partial charge in [0.1, 0.15) is 12.4 Å². The Balaban J connectivity index is 2.02. The first kappa shape index (κ1) is 12.4. The minimum atomic E-state index is 0.422. The van der Waals surface area contributed by atoms with Crippen LogP contribution in [0.25, 0.3) is 0 Å². The number of aromatic nitrogens is 3. The first-order valence-corrected chi connectivity index (χ1v) is 7.03. The molecule has 90 valence electrons. The van der Waals surface area contributed by atoms with Gasteiger partial charge in [0.05, 0.1) is 0 Å². The molecule has 2 aromatic rings. The predicted octanol–water partition coefficient (Wildman–Crippen LogP) is 2.88. The van der Waals surface area contributed by atoms with Crippen molar-refractivity contribution in [2.75, 3.05) is 6.26 Å². The molecule has 1 heterocycles. The Morgan fingerprint density at radius 2 is 2.00 bits per heavy atom. The molecule has 0 radical (unpaired) electrons. The molecule has 0 bridgehead atoms. The first-order valence-electron chi connectivity index (χ1n) is 5.01. The summed E-state index contributed by atoms with van der Waals surface area (Å²) >= 11 is 4.95. The fourth-order valence-corrected chi connectivity index (χ4v) is 2.09. The van der Waals surface area contributed by atoms with Crippen LogP contribution < -0.4 is 4.74 Å². The van der Waals surface area contributed by atoms with Gasteiger partial charge in [0.2, 0.25) is 0 Å². The highest BCUT2D eigenvalue weighted by Gasteiger charge is 2.07. The molecule has 0 aliphatic rings. The zero-order chi connectivity index (χ0) is 12.3. The molecule has 0 saturated carbocycles. The number of rotatable bonds is 4. The highest BCUT2D eigenvalue weighted by molar-refractivity contribution is 9.10. The van der Waals surface area contributed by atoms with Gasteiger partial charge in [-0.05, 0) is 30.5 Å². The SMILES string of the molecule is CSc1nnc(COc2ccc(Br)cc2)n1C. The molecule has 6 heteroatoms. The summed E-state index contributed by atoms with van der Waals surface area (Å²) in [6.07, 6.45) is 1.98. The molecule has 0 amide bonds. The molecule has 0 atom stereocenters. The Bertz CT molecular complexity index is 498. The third-order valence-electron chi connectivity index (χ3n) is 2.29. The third kappa shape index (κ3) is 3.01. The molecule has 0 saturated heterocycles. The molecule has 0 N–H and O–H groups in total. The van der Waals surface area contributed by atoms with Crippen LogP contribution in [0.15, 0.2) is 33.9 Å². The molecule has 0 aliphatic carbocycles. The van der Waals surface area contributed by atoms with Crippen molar-refractivity contribution in [1.82, 2.24) is 14.8 Å². The predicted molar refractivity (Wildman–Crippen MR) is 71.3 cm³/mol. The van der Waals surface area contributed by atoms with Crippen molar-refractivity contribution < 1.29 is 4.74 Å². The number of benzene rings is 1. The van der Waals surface area contributed by atoms with E-state index in [0.29, 0.717) is 6.61 Å². The van der Waals surface area contributed by atoms with E-state index in [2.05, 4.69) is 26.1 Å². The highest BCUT2D eigenvalue weighted by atomic mass is 79.9. The molecule has 0 fully saturated rings. The highest BCUT2D eigenvalue weighted by Crippen LogP contribution is 2.18. The third-order valence-corrected chi connectivity index (χ3v) is 3.54. The second-order valence-electron chi connectivity index (χ2n) is 3.40. The van der Waals surface area contributed by atoms with Gasteiger partial charge in [-0.15, -0.1) is 10.2 Å². The van der Waals surface area contributed by atoms with Crippen LogP contribution in [-0.4, -0.2) is 21.0 Å². The van der Waals surface area contributed by atoms with Crippen molar-refractivity contribution in [3.8, 4) is 5.75 Å². The Kier molecular flexibility index (Phi) is 4.06. The summed E-state index contributed by atoms with van der Waals surface area (Å²) in [6, 6.07) is 7.71. The smallest absolute Gasteiger partial charge is 0.190 e. The Morgan fingerprint density at radius 1 is 1.29 bits per heavy atom. The summed E-state index contributed by atoms with van der Waals surface area (Å²) in [7, 11) is 1.94. The van der Waals surface area contributed by atoms with Gasteiger partial charge in [-0.2, -0.15) is 0 Å². The minimum absolute atomic E-state index is 0.422. The van der Waals surface area contributed by atoms with Crippen LogP contribution in [0.1, 0.15) is 5.82 Å². The van der Waals surface area contributed by atoms with Gasteiger partial charge in [0.25, 0.3) is 0 Å². The molecular formula is C11H12BrN3OS. The Labute approximate surface area is 113 Å².